The maximum atomic E-state index is 13.9. The van der Waals surface area contributed by atoms with Crippen molar-refractivity contribution in [3.63, 3.8) is 0 Å². The van der Waals surface area contributed by atoms with E-state index in [9.17, 15) is 13.6 Å². The summed E-state index contributed by atoms with van der Waals surface area (Å²) >= 11 is 0. The summed E-state index contributed by atoms with van der Waals surface area (Å²) in [5.41, 5.74) is 1.32. The average Bonchev–Trinajstić information content (AvgIpc) is 2.68. The van der Waals surface area contributed by atoms with Crippen molar-refractivity contribution >= 4 is 11.6 Å². The molecule has 1 aliphatic rings. The highest BCUT2D eigenvalue weighted by Gasteiger charge is 2.22. The Balaban J connectivity index is 1.51. The number of nitrogens with one attached hydrogen (secondary N) is 1. The molecule has 28 heavy (non-hydrogen) atoms. The summed E-state index contributed by atoms with van der Waals surface area (Å²) in [6, 6.07) is 10.7. The Hall–Kier alpha value is -2.67. The highest BCUT2D eigenvalue weighted by Crippen LogP contribution is 2.28. The molecular weight excluding hydrogens is 364 g/mol. The van der Waals surface area contributed by atoms with E-state index in [1.165, 1.54) is 12.1 Å². The van der Waals surface area contributed by atoms with Gasteiger partial charge in [-0.1, -0.05) is 18.2 Å². The molecule has 1 N–H and O–H groups in total. The van der Waals surface area contributed by atoms with Gasteiger partial charge in [0.25, 0.3) is 0 Å². The van der Waals surface area contributed by atoms with Crippen LogP contribution >= 0.6 is 0 Å². The standard InChI is InChI=1S/C21H25F2N3O2/c1-15(17-8-7-16(22)13-18(17)23)24-21(27)14-25-9-11-26(12-10-25)19-5-3-4-6-20(19)28-2/h3-8,13,15H,9-12,14H2,1-2H3,(H,24,27)/t15-/m1/s1. The fourth-order valence-electron chi connectivity index (χ4n) is 3.46. The quantitative estimate of drug-likeness (QED) is 0.825. The van der Waals surface area contributed by atoms with Gasteiger partial charge in [0.05, 0.1) is 25.4 Å². The maximum absolute atomic E-state index is 13.9. The molecule has 2 aromatic rings. The van der Waals surface area contributed by atoms with Crippen LogP contribution in [0.4, 0.5) is 14.5 Å². The number of hydrogen-bond donors (Lipinski definition) is 1. The number of halogens is 2. The van der Waals surface area contributed by atoms with E-state index >= 15 is 0 Å². The fourth-order valence-corrected chi connectivity index (χ4v) is 3.46. The molecule has 1 saturated heterocycles. The number of anilines is 1. The van der Waals surface area contributed by atoms with Crippen LogP contribution in [0.15, 0.2) is 42.5 Å². The van der Waals surface area contributed by atoms with Crippen LogP contribution in [0.25, 0.3) is 0 Å². The van der Waals surface area contributed by atoms with Gasteiger partial charge in [0.15, 0.2) is 0 Å². The lowest BCUT2D eigenvalue weighted by atomic mass is 10.1. The van der Waals surface area contributed by atoms with Crippen molar-refractivity contribution in [2.24, 2.45) is 0 Å². The smallest absolute Gasteiger partial charge is 0.234 e. The number of amides is 1. The molecule has 0 aromatic heterocycles. The van der Waals surface area contributed by atoms with Gasteiger partial charge in [-0.3, -0.25) is 9.69 Å². The number of hydrogen-bond acceptors (Lipinski definition) is 4. The van der Waals surface area contributed by atoms with Crippen LogP contribution in [0.2, 0.25) is 0 Å². The minimum atomic E-state index is -0.654. The van der Waals surface area contributed by atoms with Crippen LogP contribution in [0.3, 0.4) is 0 Å². The molecule has 2 aromatic carbocycles. The van der Waals surface area contributed by atoms with Crippen molar-refractivity contribution in [2.45, 2.75) is 13.0 Å². The van der Waals surface area contributed by atoms with E-state index in [2.05, 4.69) is 15.1 Å². The molecule has 5 nitrogen and oxygen atoms in total. The van der Waals surface area contributed by atoms with Crippen molar-refractivity contribution in [3.05, 3.63) is 59.7 Å². The lowest BCUT2D eigenvalue weighted by Crippen LogP contribution is -2.49. The molecule has 1 amide bonds. The topological polar surface area (TPSA) is 44.8 Å². The Morgan fingerprint density at radius 2 is 1.86 bits per heavy atom. The Morgan fingerprint density at radius 1 is 1.14 bits per heavy atom. The van der Waals surface area contributed by atoms with E-state index in [1.54, 1.807) is 14.0 Å². The highest BCUT2D eigenvalue weighted by atomic mass is 19.1. The van der Waals surface area contributed by atoms with Crippen molar-refractivity contribution in [3.8, 4) is 5.75 Å². The monoisotopic (exact) mass is 389 g/mol. The number of carbonyl (C=O) groups excluding carboxylic acids is 1. The molecule has 7 heteroatoms. The summed E-state index contributed by atoms with van der Waals surface area (Å²) in [5, 5.41) is 2.79. The zero-order valence-electron chi connectivity index (χ0n) is 16.1. The van der Waals surface area contributed by atoms with Crippen LogP contribution < -0.4 is 15.0 Å². The zero-order valence-corrected chi connectivity index (χ0v) is 16.1. The first-order chi connectivity index (χ1) is 13.5. The van der Waals surface area contributed by atoms with E-state index in [0.717, 1.165) is 43.7 Å². The molecule has 1 fully saturated rings. The van der Waals surface area contributed by atoms with Crippen molar-refractivity contribution < 1.29 is 18.3 Å². The summed E-state index contributed by atoms with van der Waals surface area (Å²) in [4.78, 5) is 16.6. The molecule has 0 aliphatic carbocycles. The zero-order chi connectivity index (χ0) is 20.1. The summed E-state index contributed by atoms with van der Waals surface area (Å²) < 4.78 is 32.3. The third-order valence-electron chi connectivity index (χ3n) is 4.97. The number of nitrogens with zero attached hydrogens (tertiary/aromatic N) is 2. The van der Waals surface area contributed by atoms with Crippen LogP contribution in [-0.2, 0) is 4.79 Å². The Morgan fingerprint density at radius 3 is 2.54 bits per heavy atom. The third-order valence-corrected chi connectivity index (χ3v) is 4.97. The summed E-state index contributed by atoms with van der Waals surface area (Å²) in [6.07, 6.45) is 0. The first-order valence-electron chi connectivity index (χ1n) is 9.32. The number of piperazine rings is 1. The van der Waals surface area contributed by atoms with Gasteiger partial charge in [0.2, 0.25) is 5.91 Å². The average molecular weight is 389 g/mol. The minimum absolute atomic E-state index is 0.179. The number of methoxy groups -OCH3 is 1. The second-order valence-corrected chi connectivity index (χ2v) is 6.89. The van der Waals surface area contributed by atoms with Crippen LogP contribution in [0.1, 0.15) is 18.5 Å². The predicted molar refractivity (Wildman–Crippen MR) is 105 cm³/mol. The van der Waals surface area contributed by atoms with Gasteiger partial charge >= 0.3 is 0 Å². The number of benzene rings is 2. The summed E-state index contributed by atoms with van der Waals surface area (Å²) in [5.74, 6) is -0.628. The third kappa shape index (κ3) is 4.78. The van der Waals surface area contributed by atoms with Gasteiger partial charge in [-0.25, -0.2) is 8.78 Å². The minimum Gasteiger partial charge on any atom is -0.495 e. The van der Waals surface area contributed by atoms with Gasteiger partial charge < -0.3 is 15.0 Å². The maximum Gasteiger partial charge on any atom is 0.234 e. The van der Waals surface area contributed by atoms with E-state index in [0.29, 0.717) is 0 Å². The molecule has 0 unspecified atom stereocenters. The molecular formula is C21H25F2N3O2. The lowest BCUT2D eigenvalue weighted by molar-refractivity contribution is -0.123. The number of para-hydroxylation sites is 2. The van der Waals surface area contributed by atoms with Gasteiger partial charge in [0.1, 0.15) is 17.4 Å². The first-order valence-corrected chi connectivity index (χ1v) is 9.32. The number of carbonyl (C=O) groups is 1. The van der Waals surface area contributed by atoms with Gasteiger partial charge in [0, 0.05) is 37.8 Å². The van der Waals surface area contributed by atoms with Gasteiger partial charge in [-0.05, 0) is 25.1 Å². The van der Waals surface area contributed by atoms with Crippen LogP contribution in [0, 0.1) is 11.6 Å². The first kappa shape index (κ1) is 20.1. The van der Waals surface area contributed by atoms with Crippen molar-refractivity contribution in [1.29, 1.82) is 0 Å². The van der Waals surface area contributed by atoms with Crippen molar-refractivity contribution in [1.82, 2.24) is 10.2 Å². The molecule has 1 heterocycles. The summed E-state index contributed by atoms with van der Waals surface area (Å²) in [7, 11) is 1.66. The Bertz CT molecular complexity index is 823. The van der Waals surface area contributed by atoms with Gasteiger partial charge in [-0.2, -0.15) is 0 Å². The van der Waals surface area contributed by atoms with Crippen LogP contribution in [-0.4, -0.2) is 50.6 Å². The Labute approximate surface area is 163 Å². The molecule has 0 bridgehead atoms. The Kier molecular flexibility index (Phi) is 6.46. The number of rotatable bonds is 6. The molecule has 3 rings (SSSR count). The van der Waals surface area contributed by atoms with E-state index in [1.807, 2.05) is 24.3 Å². The van der Waals surface area contributed by atoms with E-state index < -0.39 is 17.7 Å². The highest BCUT2D eigenvalue weighted by molar-refractivity contribution is 5.78. The van der Waals surface area contributed by atoms with Crippen LogP contribution in [0.5, 0.6) is 5.75 Å². The molecule has 0 spiro atoms. The lowest BCUT2D eigenvalue weighted by Gasteiger charge is -2.36. The second-order valence-electron chi connectivity index (χ2n) is 6.89. The van der Waals surface area contributed by atoms with Crippen molar-refractivity contribution in [2.75, 3.05) is 44.7 Å². The van der Waals surface area contributed by atoms with E-state index in [4.69, 9.17) is 4.74 Å². The normalized spacial score (nSPS) is 15.9. The molecule has 1 atom stereocenters. The predicted octanol–water partition coefficient (Wildman–Crippen LogP) is 2.97. The molecule has 150 valence electrons. The largest absolute Gasteiger partial charge is 0.495 e. The molecule has 0 saturated carbocycles. The van der Waals surface area contributed by atoms with Gasteiger partial charge in [-0.15, -0.1) is 0 Å². The fraction of sp³-hybridized carbons (Fsp3) is 0.381. The SMILES string of the molecule is COc1ccccc1N1CCN(CC(=O)N[C@H](C)c2ccc(F)cc2F)CC1. The number of ether oxygens (including phenoxy) is 1. The second kappa shape index (κ2) is 9.01. The molecule has 0 radical (unpaired) electrons. The van der Waals surface area contributed by atoms with E-state index in [-0.39, 0.29) is 18.0 Å². The summed E-state index contributed by atoms with van der Waals surface area (Å²) in [6.45, 7) is 4.99. The molecule has 1 aliphatic heterocycles.